The molecule has 0 aliphatic heterocycles. The molecular weight excluding hydrogens is 226 g/mol. The zero-order valence-corrected chi connectivity index (χ0v) is 10.2. The topological polar surface area (TPSA) is 52.3 Å². The fourth-order valence-electron chi connectivity index (χ4n) is 1.70. The number of hydrogen-bond donors (Lipinski definition) is 1. The van der Waals surface area contributed by atoms with Gasteiger partial charge in [-0.2, -0.15) is 0 Å². The van der Waals surface area contributed by atoms with Gasteiger partial charge in [0, 0.05) is 5.56 Å². The van der Waals surface area contributed by atoms with Gasteiger partial charge in [-0.05, 0) is 25.1 Å². The second-order valence-corrected chi connectivity index (χ2v) is 4.08. The van der Waals surface area contributed by atoms with Gasteiger partial charge in [0.05, 0.1) is 5.92 Å². The quantitative estimate of drug-likeness (QED) is 0.894. The van der Waals surface area contributed by atoms with E-state index >= 15 is 0 Å². The molecule has 0 aliphatic carbocycles. The summed E-state index contributed by atoms with van der Waals surface area (Å²) in [6.45, 7) is 1.77. The van der Waals surface area contributed by atoms with Gasteiger partial charge in [-0.1, -0.05) is 36.4 Å². The molecule has 0 aromatic heterocycles. The van der Waals surface area contributed by atoms with Crippen LogP contribution < -0.4 is 10.5 Å². The number of ether oxygens (including phenoxy) is 1. The molecule has 1 unspecified atom stereocenters. The van der Waals surface area contributed by atoms with Crippen LogP contribution in [0.2, 0.25) is 0 Å². The highest BCUT2D eigenvalue weighted by Gasteiger charge is 2.16. The molecule has 2 aromatic carbocycles. The average molecular weight is 241 g/mol. The Kier molecular flexibility index (Phi) is 3.63. The second-order valence-electron chi connectivity index (χ2n) is 4.08. The predicted molar refractivity (Wildman–Crippen MR) is 70.6 cm³/mol. The number of benzene rings is 2. The van der Waals surface area contributed by atoms with Crippen molar-refractivity contribution >= 4 is 5.91 Å². The normalized spacial score (nSPS) is 11.8. The molecule has 0 radical (unpaired) electrons. The first kappa shape index (κ1) is 12.2. The maximum atomic E-state index is 11.3. The van der Waals surface area contributed by atoms with E-state index in [1.807, 2.05) is 54.6 Å². The highest BCUT2D eigenvalue weighted by molar-refractivity contribution is 5.82. The Labute approximate surface area is 106 Å². The molecule has 1 atom stereocenters. The molecule has 0 saturated carbocycles. The molecule has 3 nitrogen and oxygen atoms in total. The van der Waals surface area contributed by atoms with E-state index in [1.54, 1.807) is 6.92 Å². The van der Waals surface area contributed by atoms with Crippen LogP contribution in [0.5, 0.6) is 11.5 Å². The number of carbonyl (C=O) groups excluding carboxylic acids is 1. The lowest BCUT2D eigenvalue weighted by Crippen LogP contribution is -2.19. The molecule has 18 heavy (non-hydrogen) atoms. The van der Waals surface area contributed by atoms with E-state index in [1.165, 1.54) is 0 Å². The van der Waals surface area contributed by atoms with Crippen LogP contribution in [0.4, 0.5) is 0 Å². The smallest absolute Gasteiger partial charge is 0.224 e. The van der Waals surface area contributed by atoms with E-state index in [4.69, 9.17) is 10.5 Å². The number of nitrogens with two attached hydrogens (primary N) is 1. The highest BCUT2D eigenvalue weighted by atomic mass is 16.5. The molecule has 2 aromatic rings. The summed E-state index contributed by atoms with van der Waals surface area (Å²) in [5, 5.41) is 0. The van der Waals surface area contributed by atoms with Crippen molar-refractivity contribution in [2.75, 3.05) is 0 Å². The summed E-state index contributed by atoms with van der Waals surface area (Å²) in [5.74, 6) is 0.667. The van der Waals surface area contributed by atoms with Crippen LogP contribution in [0.3, 0.4) is 0 Å². The van der Waals surface area contributed by atoms with Crippen LogP contribution >= 0.6 is 0 Å². The first-order valence-electron chi connectivity index (χ1n) is 5.79. The molecule has 0 aliphatic rings. The molecule has 0 saturated heterocycles. The fraction of sp³-hybridized carbons (Fsp3) is 0.133. The average Bonchev–Trinajstić information content (AvgIpc) is 2.39. The van der Waals surface area contributed by atoms with Crippen molar-refractivity contribution in [2.24, 2.45) is 5.73 Å². The summed E-state index contributed by atoms with van der Waals surface area (Å²) in [5.41, 5.74) is 6.14. The Morgan fingerprint density at radius 1 is 1.06 bits per heavy atom. The molecule has 0 heterocycles. The molecule has 2 rings (SSSR count). The first-order chi connectivity index (χ1) is 8.68. The van der Waals surface area contributed by atoms with E-state index < -0.39 is 0 Å². The van der Waals surface area contributed by atoms with Gasteiger partial charge in [0.1, 0.15) is 11.5 Å². The number of hydrogen-bond acceptors (Lipinski definition) is 2. The van der Waals surface area contributed by atoms with E-state index in [0.717, 1.165) is 11.3 Å². The lowest BCUT2D eigenvalue weighted by atomic mass is 10.00. The number of primary amides is 1. The molecular formula is C15H15NO2. The summed E-state index contributed by atoms with van der Waals surface area (Å²) in [4.78, 5) is 11.3. The molecule has 1 amide bonds. The number of amides is 1. The standard InChI is InChI=1S/C15H15NO2/c1-11(15(16)17)13-9-5-6-10-14(13)18-12-7-3-2-4-8-12/h2-11H,1H3,(H2,16,17). The summed E-state index contributed by atoms with van der Waals surface area (Å²) in [6.07, 6.45) is 0. The van der Waals surface area contributed by atoms with Crippen molar-refractivity contribution in [2.45, 2.75) is 12.8 Å². The molecule has 0 bridgehead atoms. The van der Waals surface area contributed by atoms with E-state index in [2.05, 4.69) is 0 Å². The second kappa shape index (κ2) is 5.36. The maximum Gasteiger partial charge on any atom is 0.224 e. The van der Waals surface area contributed by atoms with Crippen molar-refractivity contribution < 1.29 is 9.53 Å². The van der Waals surface area contributed by atoms with Crippen molar-refractivity contribution in [3.63, 3.8) is 0 Å². The lowest BCUT2D eigenvalue weighted by molar-refractivity contribution is -0.119. The Hall–Kier alpha value is -2.29. The van der Waals surface area contributed by atoms with Crippen LogP contribution in [-0.2, 0) is 4.79 Å². The zero-order valence-electron chi connectivity index (χ0n) is 10.2. The largest absolute Gasteiger partial charge is 0.457 e. The fourth-order valence-corrected chi connectivity index (χ4v) is 1.70. The van der Waals surface area contributed by atoms with E-state index in [-0.39, 0.29) is 11.8 Å². The Bertz CT molecular complexity index is 537. The number of para-hydroxylation sites is 2. The van der Waals surface area contributed by atoms with Crippen molar-refractivity contribution in [3.8, 4) is 11.5 Å². The van der Waals surface area contributed by atoms with Crippen molar-refractivity contribution in [3.05, 3.63) is 60.2 Å². The molecule has 0 spiro atoms. The third kappa shape index (κ3) is 2.69. The van der Waals surface area contributed by atoms with E-state index in [9.17, 15) is 4.79 Å². The Morgan fingerprint density at radius 2 is 1.67 bits per heavy atom. The third-order valence-corrected chi connectivity index (χ3v) is 2.78. The van der Waals surface area contributed by atoms with Crippen LogP contribution in [0, 0.1) is 0 Å². The summed E-state index contributed by atoms with van der Waals surface area (Å²) < 4.78 is 5.77. The molecule has 92 valence electrons. The van der Waals surface area contributed by atoms with Gasteiger partial charge in [-0.3, -0.25) is 4.79 Å². The number of rotatable bonds is 4. The monoisotopic (exact) mass is 241 g/mol. The van der Waals surface area contributed by atoms with Gasteiger partial charge in [0.15, 0.2) is 0 Å². The van der Waals surface area contributed by atoms with Gasteiger partial charge in [-0.25, -0.2) is 0 Å². The van der Waals surface area contributed by atoms with Crippen LogP contribution in [-0.4, -0.2) is 5.91 Å². The van der Waals surface area contributed by atoms with Gasteiger partial charge in [0.2, 0.25) is 5.91 Å². The lowest BCUT2D eigenvalue weighted by Gasteiger charge is -2.14. The summed E-state index contributed by atoms with van der Waals surface area (Å²) in [6, 6.07) is 16.9. The zero-order chi connectivity index (χ0) is 13.0. The maximum absolute atomic E-state index is 11.3. The summed E-state index contributed by atoms with van der Waals surface area (Å²) in [7, 11) is 0. The third-order valence-electron chi connectivity index (χ3n) is 2.78. The van der Waals surface area contributed by atoms with Gasteiger partial charge < -0.3 is 10.5 Å². The minimum atomic E-state index is -0.370. The Balaban J connectivity index is 2.31. The van der Waals surface area contributed by atoms with Gasteiger partial charge >= 0.3 is 0 Å². The molecule has 3 heteroatoms. The minimum absolute atomic E-state index is 0.362. The minimum Gasteiger partial charge on any atom is -0.457 e. The summed E-state index contributed by atoms with van der Waals surface area (Å²) >= 11 is 0. The van der Waals surface area contributed by atoms with Crippen LogP contribution in [0.25, 0.3) is 0 Å². The SMILES string of the molecule is CC(C(N)=O)c1ccccc1Oc1ccccc1. The van der Waals surface area contributed by atoms with E-state index in [0.29, 0.717) is 5.75 Å². The number of carbonyl (C=O) groups is 1. The van der Waals surface area contributed by atoms with Crippen molar-refractivity contribution in [1.29, 1.82) is 0 Å². The van der Waals surface area contributed by atoms with Gasteiger partial charge in [0.25, 0.3) is 0 Å². The first-order valence-corrected chi connectivity index (χ1v) is 5.79. The molecule has 2 N–H and O–H groups in total. The predicted octanol–water partition coefficient (Wildman–Crippen LogP) is 3.07. The Morgan fingerprint density at radius 3 is 2.33 bits per heavy atom. The molecule has 0 fully saturated rings. The van der Waals surface area contributed by atoms with Crippen LogP contribution in [0.15, 0.2) is 54.6 Å². The van der Waals surface area contributed by atoms with Gasteiger partial charge in [-0.15, -0.1) is 0 Å². The highest BCUT2D eigenvalue weighted by Crippen LogP contribution is 2.30. The van der Waals surface area contributed by atoms with Crippen molar-refractivity contribution in [1.82, 2.24) is 0 Å². The van der Waals surface area contributed by atoms with Crippen LogP contribution in [0.1, 0.15) is 18.4 Å².